The maximum atomic E-state index is 13.4. The van der Waals surface area contributed by atoms with Crippen LogP contribution in [0.3, 0.4) is 0 Å². The van der Waals surface area contributed by atoms with Gasteiger partial charge in [0.05, 0.1) is 16.9 Å². The molecule has 2 aromatic carbocycles. The lowest BCUT2D eigenvalue weighted by atomic mass is 9.77. The van der Waals surface area contributed by atoms with Gasteiger partial charge in [-0.2, -0.15) is 4.31 Å². The molecule has 182 valence electrons. The summed E-state index contributed by atoms with van der Waals surface area (Å²) in [5.41, 5.74) is 1.83. The number of nitrogens with zero attached hydrogens (tertiary/aromatic N) is 1. The molecule has 1 N–H and O–H groups in total. The number of hydrogen-bond acceptors (Lipinski definition) is 4. The van der Waals surface area contributed by atoms with E-state index in [1.165, 1.54) is 10.7 Å². The summed E-state index contributed by atoms with van der Waals surface area (Å²) in [7, 11) is -3.62. The molecule has 1 saturated heterocycles. The Kier molecular flexibility index (Phi) is 6.42. The number of carbonyl (C=O) groups is 1. The zero-order valence-corrected chi connectivity index (χ0v) is 20.6. The van der Waals surface area contributed by atoms with Gasteiger partial charge >= 0.3 is 0 Å². The third-order valence-corrected chi connectivity index (χ3v) is 9.57. The number of amides is 1. The first-order chi connectivity index (χ1) is 16.4. The largest absolute Gasteiger partial charge is 0.487 e. The van der Waals surface area contributed by atoms with Crippen LogP contribution in [-0.2, 0) is 14.8 Å². The Morgan fingerprint density at radius 2 is 1.76 bits per heavy atom. The summed E-state index contributed by atoms with van der Waals surface area (Å²) in [6, 6.07) is 14.8. The number of aryl methyl sites for hydroxylation is 1. The first kappa shape index (κ1) is 23.4. The lowest BCUT2D eigenvalue weighted by Crippen LogP contribution is -2.49. The molecule has 2 fully saturated rings. The Bertz CT molecular complexity index is 1140. The lowest BCUT2D eigenvalue weighted by molar-refractivity contribution is -0.127. The van der Waals surface area contributed by atoms with Crippen molar-refractivity contribution >= 4 is 15.9 Å². The summed E-state index contributed by atoms with van der Waals surface area (Å²) >= 11 is 0. The molecule has 2 aromatic rings. The second-order valence-electron chi connectivity index (χ2n) is 10.2. The van der Waals surface area contributed by atoms with E-state index in [4.69, 9.17) is 4.74 Å². The number of rotatable bonds is 4. The predicted molar refractivity (Wildman–Crippen MR) is 131 cm³/mol. The van der Waals surface area contributed by atoms with Crippen LogP contribution in [0.4, 0.5) is 0 Å². The van der Waals surface area contributed by atoms with Gasteiger partial charge in [-0.3, -0.25) is 4.79 Å². The van der Waals surface area contributed by atoms with E-state index in [0.29, 0.717) is 19.4 Å². The highest BCUT2D eigenvalue weighted by Gasteiger charge is 2.43. The SMILES string of the molecule is Cc1ccc(S(=O)(=O)N2CCCC(C(=O)NC3CC4(CCCCC4)Oc4ccccc43)C2)cc1. The van der Waals surface area contributed by atoms with Crippen molar-refractivity contribution in [3.63, 3.8) is 0 Å². The Morgan fingerprint density at radius 1 is 1.03 bits per heavy atom. The number of benzene rings is 2. The molecule has 7 heteroatoms. The number of para-hydroxylation sites is 1. The molecule has 1 amide bonds. The average Bonchev–Trinajstić information content (AvgIpc) is 2.85. The van der Waals surface area contributed by atoms with E-state index in [-0.39, 0.29) is 34.9 Å². The number of nitrogens with one attached hydrogen (secondary N) is 1. The van der Waals surface area contributed by atoms with Gasteiger partial charge in [0, 0.05) is 25.1 Å². The predicted octanol–water partition coefficient (Wildman–Crippen LogP) is 4.74. The standard InChI is InChI=1S/C27H34N2O4S/c1-20-11-13-22(14-12-20)34(31,32)29-17-7-8-21(19-29)26(30)28-24-18-27(15-5-2-6-16-27)33-25-10-4-3-9-23(24)25/h3-4,9-14,21,24H,2,5-8,15-19H2,1H3,(H,28,30). The van der Waals surface area contributed by atoms with E-state index < -0.39 is 10.0 Å². The monoisotopic (exact) mass is 482 g/mol. The maximum Gasteiger partial charge on any atom is 0.243 e. The minimum atomic E-state index is -3.62. The average molecular weight is 483 g/mol. The molecule has 0 aromatic heterocycles. The van der Waals surface area contributed by atoms with Crippen LogP contribution in [0.2, 0.25) is 0 Å². The Hall–Kier alpha value is -2.38. The topological polar surface area (TPSA) is 75.7 Å². The molecular weight excluding hydrogens is 448 g/mol. The summed E-state index contributed by atoms with van der Waals surface area (Å²) in [6.45, 7) is 2.60. The molecule has 3 aliphatic rings. The van der Waals surface area contributed by atoms with Gasteiger partial charge < -0.3 is 10.1 Å². The van der Waals surface area contributed by atoms with Gasteiger partial charge in [0.15, 0.2) is 0 Å². The molecule has 1 saturated carbocycles. The molecule has 0 bridgehead atoms. The second kappa shape index (κ2) is 9.34. The number of fused-ring (bicyclic) bond motifs is 1. The van der Waals surface area contributed by atoms with E-state index in [2.05, 4.69) is 5.32 Å². The normalized spacial score (nSPS) is 24.7. The number of ether oxygens (including phenoxy) is 1. The summed E-state index contributed by atoms with van der Waals surface area (Å²) in [5, 5.41) is 3.30. The molecule has 2 unspecified atom stereocenters. The molecule has 5 rings (SSSR count). The summed E-state index contributed by atoms with van der Waals surface area (Å²) < 4.78 is 34.4. The minimum Gasteiger partial charge on any atom is -0.487 e. The van der Waals surface area contributed by atoms with Gasteiger partial charge in [-0.25, -0.2) is 8.42 Å². The third kappa shape index (κ3) is 4.60. The Morgan fingerprint density at radius 3 is 2.53 bits per heavy atom. The van der Waals surface area contributed by atoms with Crippen LogP contribution in [0, 0.1) is 12.8 Å². The van der Waals surface area contributed by atoms with E-state index in [1.54, 1.807) is 12.1 Å². The quantitative estimate of drug-likeness (QED) is 0.683. The van der Waals surface area contributed by atoms with Gasteiger partial charge in [0.25, 0.3) is 0 Å². The van der Waals surface area contributed by atoms with Crippen molar-refractivity contribution in [2.24, 2.45) is 5.92 Å². The molecule has 34 heavy (non-hydrogen) atoms. The molecule has 1 spiro atoms. The number of hydrogen-bond donors (Lipinski definition) is 1. The van der Waals surface area contributed by atoms with Crippen LogP contribution >= 0.6 is 0 Å². The van der Waals surface area contributed by atoms with Crippen LogP contribution in [0.25, 0.3) is 0 Å². The zero-order valence-electron chi connectivity index (χ0n) is 19.8. The van der Waals surface area contributed by atoms with Crippen LogP contribution in [0.5, 0.6) is 5.75 Å². The van der Waals surface area contributed by atoms with Crippen molar-refractivity contribution in [1.29, 1.82) is 0 Å². The molecule has 1 aliphatic carbocycles. The van der Waals surface area contributed by atoms with Gasteiger partial charge in [-0.15, -0.1) is 0 Å². The molecule has 2 atom stereocenters. The minimum absolute atomic E-state index is 0.0588. The van der Waals surface area contributed by atoms with Gasteiger partial charge in [-0.05, 0) is 63.6 Å². The van der Waals surface area contributed by atoms with E-state index >= 15 is 0 Å². The van der Waals surface area contributed by atoms with Crippen LogP contribution in [0.1, 0.15) is 68.5 Å². The Labute approximate surface area is 202 Å². The molecule has 2 heterocycles. The first-order valence-electron chi connectivity index (χ1n) is 12.5. The second-order valence-corrected chi connectivity index (χ2v) is 12.1. The summed E-state index contributed by atoms with van der Waals surface area (Å²) in [6.07, 6.45) is 7.71. The molecular formula is C27H34N2O4S. The van der Waals surface area contributed by atoms with Crippen molar-refractivity contribution in [2.75, 3.05) is 13.1 Å². The number of piperidine rings is 1. The van der Waals surface area contributed by atoms with Gasteiger partial charge in [0.1, 0.15) is 11.4 Å². The summed E-state index contributed by atoms with van der Waals surface area (Å²) in [4.78, 5) is 13.7. The molecule has 0 radical (unpaired) electrons. The first-order valence-corrected chi connectivity index (χ1v) is 14.0. The molecule has 2 aliphatic heterocycles. The summed E-state index contributed by atoms with van der Waals surface area (Å²) in [5.74, 6) is 0.455. The third-order valence-electron chi connectivity index (χ3n) is 7.69. The zero-order chi connectivity index (χ0) is 23.8. The van der Waals surface area contributed by atoms with Crippen LogP contribution in [0.15, 0.2) is 53.4 Å². The highest BCUT2D eigenvalue weighted by molar-refractivity contribution is 7.89. The fourth-order valence-corrected chi connectivity index (χ4v) is 7.30. The fourth-order valence-electron chi connectivity index (χ4n) is 5.77. The molecule has 6 nitrogen and oxygen atoms in total. The van der Waals surface area contributed by atoms with Crippen molar-refractivity contribution in [2.45, 2.75) is 74.8 Å². The van der Waals surface area contributed by atoms with Crippen molar-refractivity contribution in [1.82, 2.24) is 9.62 Å². The lowest BCUT2D eigenvalue weighted by Gasteiger charge is -2.45. The van der Waals surface area contributed by atoms with Gasteiger partial charge in [0.2, 0.25) is 15.9 Å². The van der Waals surface area contributed by atoms with Crippen molar-refractivity contribution in [3.8, 4) is 5.75 Å². The highest BCUT2D eigenvalue weighted by atomic mass is 32.2. The van der Waals surface area contributed by atoms with Crippen LogP contribution < -0.4 is 10.1 Å². The van der Waals surface area contributed by atoms with E-state index in [1.807, 2.05) is 43.3 Å². The smallest absolute Gasteiger partial charge is 0.243 e. The van der Waals surface area contributed by atoms with Crippen molar-refractivity contribution < 1.29 is 17.9 Å². The highest BCUT2D eigenvalue weighted by Crippen LogP contribution is 2.46. The van der Waals surface area contributed by atoms with E-state index in [0.717, 1.165) is 49.0 Å². The van der Waals surface area contributed by atoms with Crippen LogP contribution in [-0.4, -0.2) is 37.3 Å². The fraction of sp³-hybridized carbons (Fsp3) is 0.519. The van der Waals surface area contributed by atoms with Gasteiger partial charge in [-0.1, -0.05) is 42.3 Å². The number of carbonyl (C=O) groups excluding carboxylic acids is 1. The maximum absolute atomic E-state index is 13.4. The number of sulfonamides is 1. The van der Waals surface area contributed by atoms with E-state index in [9.17, 15) is 13.2 Å². The Balaban J connectivity index is 1.32. The van der Waals surface area contributed by atoms with Crippen molar-refractivity contribution in [3.05, 3.63) is 59.7 Å².